The van der Waals surface area contributed by atoms with Crippen LogP contribution in [0.3, 0.4) is 0 Å². The minimum absolute atomic E-state index is 0.00518. The number of alkyl halides is 3. The zero-order valence-electron chi connectivity index (χ0n) is 14.1. The fraction of sp³-hybridized carbons (Fsp3) is 0.353. The minimum atomic E-state index is -4.66. The summed E-state index contributed by atoms with van der Waals surface area (Å²) in [4.78, 5) is 15.8. The van der Waals surface area contributed by atoms with Gasteiger partial charge in [-0.1, -0.05) is 0 Å². The van der Waals surface area contributed by atoms with Gasteiger partial charge < -0.3 is 15.1 Å². The van der Waals surface area contributed by atoms with Gasteiger partial charge in [-0.25, -0.2) is 4.98 Å². The van der Waals surface area contributed by atoms with E-state index in [0.29, 0.717) is 5.69 Å². The van der Waals surface area contributed by atoms with Crippen molar-refractivity contribution in [2.75, 3.05) is 18.4 Å². The number of carbonyl (C=O) groups is 1. The van der Waals surface area contributed by atoms with Crippen molar-refractivity contribution >= 4 is 22.7 Å². The van der Waals surface area contributed by atoms with Crippen LogP contribution < -0.4 is 10.6 Å². The van der Waals surface area contributed by atoms with Crippen LogP contribution in [0.4, 0.5) is 18.9 Å². The van der Waals surface area contributed by atoms with Crippen LogP contribution in [0.15, 0.2) is 34.9 Å². The molecule has 3 aromatic rings. The highest BCUT2D eigenvalue weighted by Gasteiger charge is 2.37. The van der Waals surface area contributed by atoms with Crippen LogP contribution in [0, 0.1) is 0 Å². The Hall–Kier alpha value is -2.88. The number of nitrogens with one attached hydrogen (secondary N) is 2. The van der Waals surface area contributed by atoms with Crippen molar-refractivity contribution in [1.82, 2.24) is 20.1 Å². The normalized spacial score (nSPS) is 18.0. The summed E-state index contributed by atoms with van der Waals surface area (Å²) in [6.07, 6.45) is -0.879. The molecule has 142 valence electrons. The molecule has 1 aromatic carbocycles. The molecule has 2 N–H and O–H groups in total. The second-order valence-corrected chi connectivity index (χ2v) is 6.33. The van der Waals surface area contributed by atoms with Crippen LogP contribution in [0.5, 0.6) is 0 Å². The molecule has 1 amide bonds. The lowest BCUT2D eigenvalue weighted by Crippen LogP contribution is -2.32. The SMILES string of the molecule is O=C(Nc1ccc2oc(C(F)(F)F)nc2c1)c1ccn(C2CCCNC2)n1. The summed E-state index contributed by atoms with van der Waals surface area (Å²) in [5.41, 5.74) is 0.550. The Labute approximate surface area is 151 Å². The molecule has 1 saturated heterocycles. The Morgan fingerprint density at radius 3 is 2.93 bits per heavy atom. The van der Waals surface area contributed by atoms with Crippen molar-refractivity contribution in [3.05, 3.63) is 42.0 Å². The number of aromatic nitrogens is 3. The summed E-state index contributed by atoms with van der Waals surface area (Å²) in [5.74, 6) is -1.77. The van der Waals surface area contributed by atoms with Crippen molar-refractivity contribution in [3.63, 3.8) is 0 Å². The van der Waals surface area contributed by atoms with E-state index >= 15 is 0 Å². The highest BCUT2D eigenvalue weighted by molar-refractivity contribution is 6.03. The third-order valence-electron chi connectivity index (χ3n) is 4.37. The molecule has 4 rings (SSSR count). The first-order chi connectivity index (χ1) is 12.9. The number of hydrogen-bond acceptors (Lipinski definition) is 5. The van der Waals surface area contributed by atoms with Crippen molar-refractivity contribution < 1.29 is 22.4 Å². The van der Waals surface area contributed by atoms with Gasteiger partial charge in [0.15, 0.2) is 11.3 Å². The molecule has 0 aliphatic carbocycles. The number of anilines is 1. The van der Waals surface area contributed by atoms with Crippen LogP contribution in [-0.4, -0.2) is 33.8 Å². The van der Waals surface area contributed by atoms with Crippen LogP contribution in [0.2, 0.25) is 0 Å². The lowest BCUT2D eigenvalue weighted by atomic mass is 10.1. The predicted molar refractivity (Wildman–Crippen MR) is 90.3 cm³/mol. The standard InChI is InChI=1S/C17H16F3N5O2/c18-17(19,20)16-23-13-8-10(3-4-14(13)27-16)22-15(26)12-5-7-25(24-12)11-2-1-6-21-9-11/h3-5,7-8,11,21H,1-2,6,9H2,(H,22,26). The highest BCUT2D eigenvalue weighted by Crippen LogP contribution is 2.31. The summed E-state index contributed by atoms with van der Waals surface area (Å²) >= 11 is 0. The summed E-state index contributed by atoms with van der Waals surface area (Å²) in [7, 11) is 0. The Bertz CT molecular complexity index is 973. The zero-order valence-corrected chi connectivity index (χ0v) is 14.1. The van der Waals surface area contributed by atoms with Gasteiger partial charge in [0.2, 0.25) is 0 Å². The van der Waals surface area contributed by atoms with E-state index in [1.807, 2.05) is 0 Å². The number of benzene rings is 1. The molecular formula is C17H16F3N5O2. The molecule has 0 bridgehead atoms. The van der Waals surface area contributed by atoms with Crippen molar-refractivity contribution in [1.29, 1.82) is 0 Å². The van der Waals surface area contributed by atoms with Crippen LogP contribution in [0.25, 0.3) is 11.1 Å². The molecule has 1 aliphatic heterocycles. The number of hydrogen-bond donors (Lipinski definition) is 2. The van der Waals surface area contributed by atoms with E-state index in [2.05, 4.69) is 25.1 Å². The fourth-order valence-electron chi connectivity index (χ4n) is 3.04. The van der Waals surface area contributed by atoms with Crippen LogP contribution in [-0.2, 0) is 6.18 Å². The fourth-order valence-corrected chi connectivity index (χ4v) is 3.04. The van der Waals surface area contributed by atoms with E-state index < -0.39 is 18.0 Å². The summed E-state index contributed by atoms with van der Waals surface area (Å²) in [6.45, 7) is 1.78. The Morgan fingerprint density at radius 2 is 2.19 bits per heavy atom. The van der Waals surface area contributed by atoms with Gasteiger partial charge in [-0.15, -0.1) is 0 Å². The molecule has 10 heteroatoms. The summed E-state index contributed by atoms with van der Waals surface area (Å²) in [6, 6.07) is 5.93. The number of rotatable bonds is 3. The third kappa shape index (κ3) is 3.65. The van der Waals surface area contributed by atoms with Gasteiger partial charge in [-0.3, -0.25) is 9.48 Å². The molecule has 1 atom stereocenters. The predicted octanol–water partition coefficient (Wildman–Crippen LogP) is 3.22. The second kappa shape index (κ2) is 6.69. The molecule has 7 nitrogen and oxygen atoms in total. The lowest BCUT2D eigenvalue weighted by molar-refractivity contribution is -0.156. The van der Waals surface area contributed by atoms with Crippen molar-refractivity contribution in [3.8, 4) is 0 Å². The molecule has 0 spiro atoms. The number of carbonyl (C=O) groups excluding carboxylic acids is 1. The maximum absolute atomic E-state index is 12.7. The van der Waals surface area contributed by atoms with E-state index in [4.69, 9.17) is 0 Å². The van der Waals surface area contributed by atoms with E-state index in [9.17, 15) is 18.0 Å². The van der Waals surface area contributed by atoms with Gasteiger partial charge in [-0.2, -0.15) is 18.3 Å². The van der Waals surface area contributed by atoms with E-state index in [-0.39, 0.29) is 22.8 Å². The highest BCUT2D eigenvalue weighted by atomic mass is 19.4. The first-order valence-corrected chi connectivity index (χ1v) is 8.45. The molecule has 3 heterocycles. The minimum Gasteiger partial charge on any atom is -0.433 e. The molecule has 1 fully saturated rings. The van der Waals surface area contributed by atoms with Gasteiger partial charge >= 0.3 is 12.1 Å². The average Bonchev–Trinajstić information content (AvgIpc) is 3.29. The average molecular weight is 379 g/mol. The largest absolute Gasteiger partial charge is 0.468 e. The molecular weight excluding hydrogens is 363 g/mol. The van der Waals surface area contributed by atoms with Crippen LogP contribution in [0.1, 0.15) is 35.3 Å². The second-order valence-electron chi connectivity index (χ2n) is 6.33. The third-order valence-corrected chi connectivity index (χ3v) is 4.37. The van der Waals surface area contributed by atoms with E-state index in [0.717, 1.165) is 25.9 Å². The first-order valence-electron chi connectivity index (χ1n) is 8.45. The van der Waals surface area contributed by atoms with Crippen molar-refractivity contribution in [2.45, 2.75) is 25.1 Å². The zero-order chi connectivity index (χ0) is 19.0. The van der Waals surface area contributed by atoms with Gasteiger partial charge in [0, 0.05) is 18.4 Å². The first kappa shape index (κ1) is 17.5. The van der Waals surface area contributed by atoms with Gasteiger partial charge in [0.1, 0.15) is 5.52 Å². The molecule has 1 unspecified atom stereocenters. The Balaban J connectivity index is 1.50. The summed E-state index contributed by atoms with van der Waals surface area (Å²) in [5, 5.41) is 10.2. The van der Waals surface area contributed by atoms with Gasteiger partial charge in [-0.05, 0) is 43.7 Å². The van der Waals surface area contributed by atoms with Gasteiger partial charge in [0.25, 0.3) is 5.91 Å². The maximum Gasteiger partial charge on any atom is 0.468 e. The lowest BCUT2D eigenvalue weighted by Gasteiger charge is -2.22. The molecule has 0 saturated carbocycles. The van der Waals surface area contributed by atoms with Gasteiger partial charge in [0.05, 0.1) is 6.04 Å². The smallest absolute Gasteiger partial charge is 0.433 e. The van der Waals surface area contributed by atoms with E-state index in [1.165, 1.54) is 18.2 Å². The molecule has 27 heavy (non-hydrogen) atoms. The number of amides is 1. The number of oxazole rings is 1. The maximum atomic E-state index is 12.7. The molecule has 2 aromatic heterocycles. The monoisotopic (exact) mass is 379 g/mol. The van der Waals surface area contributed by atoms with Crippen molar-refractivity contribution in [2.24, 2.45) is 0 Å². The molecule has 1 aliphatic rings. The topological polar surface area (TPSA) is 85.0 Å². The Kier molecular flexibility index (Phi) is 4.34. The number of piperidine rings is 1. The number of nitrogens with zero attached hydrogens (tertiary/aromatic N) is 3. The summed E-state index contributed by atoms with van der Waals surface area (Å²) < 4.78 is 44.5. The molecule has 0 radical (unpaired) electrons. The quantitative estimate of drug-likeness (QED) is 0.730. The number of halogens is 3. The Morgan fingerprint density at radius 1 is 1.33 bits per heavy atom. The van der Waals surface area contributed by atoms with E-state index in [1.54, 1.807) is 16.9 Å². The number of fused-ring (bicyclic) bond motifs is 1. The van der Waals surface area contributed by atoms with Crippen LogP contribution >= 0.6 is 0 Å².